The topological polar surface area (TPSA) is 60.0 Å². The molecule has 0 radical (unpaired) electrons. The fourth-order valence-corrected chi connectivity index (χ4v) is 3.15. The normalized spacial score (nSPS) is 18.7. The lowest BCUT2D eigenvalue weighted by molar-refractivity contribution is -0.116. The van der Waals surface area contributed by atoms with Gasteiger partial charge < -0.3 is 19.5 Å². The number of nitrogens with zero attached hydrogens (tertiary/aromatic N) is 1. The van der Waals surface area contributed by atoms with Gasteiger partial charge in [-0.3, -0.25) is 9.69 Å². The van der Waals surface area contributed by atoms with Gasteiger partial charge in [0, 0.05) is 31.8 Å². The number of ether oxygens (including phenoxy) is 3. The minimum atomic E-state index is -0.0865. The second-order valence-corrected chi connectivity index (χ2v) is 6.65. The van der Waals surface area contributed by atoms with Crippen molar-refractivity contribution < 1.29 is 19.0 Å². The third-order valence-corrected chi connectivity index (χ3v) is 4.59. The monoisotopic (exact) mass is 346 g/mol. The van der Waals surface area contributed by atoms with Crippen LogP contribution in [-0.4, -0.2) is 56.5 Å². The predicted molar refractivity (Wildman–Crippen MR) is 95.6 cm³/mol. The van der Waals surface area contributed by atoms with E-state index < -0.39 is 0 Å². The molecule has 1 aromatic carbocycles. The second-order valence-electron chi connectivity index (χ2n) is 6.65. The molecule has 1 amide bonds. The highest BCUT2D eigenvalue weighted by Gasteiger charge is 2.23. The summed E-state index contributed by atoms with van der Waals surface area (Å²) in [6.45, 7) is 8.65. The van der Waals surface area contributed by atoms with Crippen LogP contribution in [0.3, 0.4) is 0 Å². The number of carbonyl (C=O) groups excluding carboxylic acids is 1. The minimum absolute atomic E-state index is 0.0865. The lowest BCUT2D eigenvalue weighted by Gasteiger charge is -2.36. The van der Waals surface area contributed by atoms with Crippen molar-refractivity contribution in [3.63, 3.8) is 0 Å². The van der Waals surface area contributed by atoms with Crippen LogP contribution < -0.4 is 14.8 Å². The average molecular weight is 346 g/mol. The summed E-state index contributed by atoms with van der Waals surface area (Å²) in [7, 11) is 0. The highest BCUT2D eigenvalue weighted by Crippen LogP contribution is 2.32. The molecule has 1 atom stereocenters. The van der Waals surface area contributed by atoms with Gasteiger partial charge in [-0.1, -0.05) is 19.9 Å². The molecule has 0 unspecified atom stereocenters. The summed E-state index contributed by atoms with van der Waals surface area (Å²) >= 11 is 0. The zero-order valence-electron chi connectivity index (χ0n) is 14.9. The Morgan fingerprint density at radius 1 is 1.24 bits per heavy atom. The molecule has 3 rings (SSSR count). The number of morpholine rings is 1. The van der Waals surface area contributed by atoms with Crippen LogP contribution in [0.4, 0.5) is 0 Å². The molecule has 0 spiro atoms. The van der Waals surface area contributed by atoms with Gasteiger partial charge in [0.05, 0.1) is 13.2 Å². The van der Waals surface area contributed by atoms with E-state index >= 15 is 0 Å². The molecule has 0 aliphatic carbocycles. The summed E-state index contributed by atoms with van der Waals surface area (Å²) in [6, 6.07) is 5.96. The first-order valence-electron chi connectivity index (χ1n) is 8.81. The molecule has 6 heteroatoms. The van der Waals surface area contributed by atoms with E-state index in [-0.39, 0.29) is 12.7 Å². The Morgan fingerprint density at radius 2 is 2.00 bits per heavy atom. The summed E-state index contributed by atoms with van der Waals surface area (Å²) in [5.41, 5.74) is 0.910. The van der Waals surface area contributed by atoms with Crippen molar-refractivity contribution in [3.8, 4) is 11.5 Å². The number of nitrogens with one attached hydrogen (secondary N) is 1. The number of rotatable bonds is 6. The first kappa shape index (κ1) is 17.8. The molecule has 1 saturated heterocycles. The van der Waals surface area contributed by atoms with Crippen molar-refractivity contribution in [1.82, 2.24) is 10.2 Å². The average Bonchev–Trinajstić information content (AvgIpc) is 3.08. The van der Waals surface area contributed by atoms with Gasteiger partial charge in [0.2, 0.25) is 12.7 Å². The van der Waals surface area contributed by atoms with Crippen LogP contribution in [0.25, 0.3) is 6.08 Å². The number of hydrogen-bond donors (Lipinski definition) is 1. The van der Waals surface area contributed by atoms with Crippen molar-refractivity contribution in [3.05, 3.63) is 29.8 Å². The Bertz CT molecular complexity index is 624. The molecule has 0 aromatic heterocycles. The standard InChI is InChI=1S/C19H26N2O4/c1-14(2)16(21-7-9-23-10-8-21)12-20-19(22)6-4-15-3-5-17-18(11-15)25-13-24-17/h3-6,11,14,16H,7-10,12-13H2,1-2H3,(H,20,22)/b6-4-/t16-/m1/s1. The summed E-state index contributed by atoms with van der Waals surface area (Å²) in [4.78, 5) is 14.6. The summed E-state index contributed by atoms with van der Waals surface area (Å²) in [6.07, 6.45) is 3.35. The maximum absolute atomic E-state index is 12.2. The van der Waals surface area contributed by atoms with E-state index in [1.807, 2.05) is 18.2 Å². The molecule has 0 bridgehead atoms. The van der Waals surface area contributed by atoms with E-state index in [0.717, 1.165) is 43.4 Å². The Labute approximate surface area is 148 Å². The SMILES string of the molecule is CC(C)[C@@H](CNC(=O)/C=C\c1ccc2c(c1)OCO2)N1CCOCC1. The van der Waals surface area contributed by atoms with E-state index in [2.05, 4.69) is 24.1 Å². The van der Waals surface area contributed by atoms with Gasteiger partial charge in [-0.05, 0) is 29.7 Å². The largest absolute Gasteiger partial charge is 0.454 e. The van der Waals surface area contributed by atoms with Crippen molar-refractivity contribution in [2.45, 2.75) is 19.9 Å². The molecule has 1 aromatic rings. The molecular formula is C19H26N2O4. The van der Waals surface area contributed by atoms with E-state index in [1.54, 1.807) is 12.2 Å². The zero-order chi connectivity index (χ0) is 17.6. The maximum atomic E-state index is 12.2. The Kier molecular flexibility index (Phi) is 5.94. The van der Waals surface area contributed by atoms with Crippen LogP contribution in [-0.2, 0) is 9.53 Å². The fourth-order valence-electron chi connectivity index (χ4n) is 3.15. The zero-order valence-corrected chi connectivity index (χ0v) is 14.9. The summed E-state index contributed by atoms with van der Waals surface area (Å²) < 4.78 is 16.0. The van der Waals surface area contributed by atoms with E-state index in [4.69, 9.17) is 14.2 Å². The predicted octanol–water partition coefficient (Wildman–Crippen LogP) is 1.90. The van der Waals surface area contributed by atoms with Crippen LogP contribution in [0.2, 0.25) is 0 Å². The Hall–Kier alpha value is -2.05. The van der Waals surface area contributed by atoms with Crippen LogP contribution in [0, 0.1) is 5.92 Å². The van der Waals surface area contributed by atoms with Crippen molar-refractivity contribution in [2.24, 2.45) is 5.92 Å². The van der Waals surface area contributed by atoms with Crippen molar-refractivity contribution in [1.29, 1.82) is 0 Å². The molecule has 0 saturated carbocycles. The number of fused-ring (bicyclic) bond motifs is 1. The van der Waals surface area contributed by atoms with Gasteiger partial charge in [-0.25, -0.2) is 0 Å². The quantitative estimate of drug-likeness (QED) is 0.797. The maximum Gasteiger partial charge on any atom is 0.244 e. The van der Waals surface area contributed by atoms with Gasteiger partial charge in [0.25, 0.3) is 0 Å². The van der Waals surface area contributed by atoms with E-state index in [9.17, 15) is 4.79 Å². The molecule has 2 heterocycles. The molecule has 1 fully saturated rings. The molecular weight excluding hydrogens is 320 g/mol. The fraction of sp³-hybridized carbons (Fsp3) is 0.526. The van der Waals surface area contributed by atoms with Gasteiger partial charge in [-0.15, -0.1) is 0 Å². The van der Waals surface area contributed by atoms with Crippen molar-refractivity contribution in [2.75, 3.05) is 39.6 Å². The number of hydrogen-bond acceptors (Lipinski definition) is 5. The molecule has 2 aliphatic rings. The number of benzene rings is 1. The highest BCUT2D eigenvalue weighted by atomic mass is 16.7. The lowest BCUT2D eigenvalue weighted by atomic mass is 10.0. The lowest BCUT2D eigenvalue weighted by Crippen LogP contribution is -2.51. The number of amides is 1. The first-order chi connectivity index (χ1) is 12.1. The second kappa shape index (κ2) is 8.36. The molecule has 136 valence electrons. The Balaban J connectivity index is 1.52. The van der Waals surface area contributed by atoms with Crippen LogP contribution in [0.5, 0.6) is 11.5 Å². The van der Waals surface area contributed by atoms with Crippen LogP contribution in [0.15, 0.2) is 24.3 Å². The highest BCUT2D eigenvalue weighted by molar-refractivity contribution is 5.91. The summed E-state index contributed by atoms with van der Waals surface area (Å²) in [5, 5.41) is 3.02. The Morgan fingerprint density at radius 3 is 2.76 bits per heavy atom. The molecule has 6 nitrogen and oxygen atoms in total. The van der Waals surface area contributed by atoms with Crippen molar-refractivity contribution >= 4 is 12.0 Å². The van der Waals surface area contributed by atoms with Gasteiger partial charge >= 0.3 is 0 Å². The number of carbonyl (C=O) groups is 1. The van der Waals surface area contributed by atoms with Gasteiger partial charge in [0.1, 0.15) is 0 Å². The molecule has 2 aliphatic heterocycles. The van der Waals surface area contributed by atoms with E-state index in [0.29, 0.717) is 18.5 Å². The third kappa shape index (κ3) is 4.74. The first-order valence-corrected chi connectivity index (χ1v) is 8.81. The van der Waals surface area contributed by atoms with Crippen LogP contribution >= 0.6 is 0 Å². The van der Waals surface area contributed by atoms with Gasteiger partial charge in [0.15, 0.2) is 11.5 Å². The van der Waals surface area contributed by atoms with Crippen LogP contribution in [0.1, 0.15) is 19.4 Å². The summed E-state index contributed by atoms with van der Waals surface area (Å²) in [5.74, 6) is 1.84. The smallest absolute Gasteiger partial charge is 0.244 e. The minimum Gasteiger partial charge on any atom is -0.454 e. The molecule has 1 N–H and O–H groups in total. The third-order valence-electron chi connectivity index (χ3n) is 4.59. The van der Waals surface area contributed by atoms with E-state index in [1.165, 1.54) is 0 Å². The molecule has 25 heavy (non-hydrogen) atoms. The van der Waals surface area contributed by atoms with Gasteiger partial charge in [-0.2, -0.15) is 0 Å².